The SMILES string of the molecule is Cc1ccc(S(=O)(=O)O[C@@H]2CO[C@@H]3[C@H]4OC(C)(C)O[C@H]4O[C@@H]32)cc1. The zero-order chi connectivity index (χ0) is 17.1. The third-order valence-electron chi connectivity index (χ3n) is 4.41. The van der Waals surface area contributed by atoms with E-state index in [2.05, 4.69) is 0 Å². The van der Waals surface area contributed by atoms with Gasteiger partial charge in [-0.3, -0.25) is 4.18 Å². The normalized spacial score (nSPS) is 37.4. The molecule has 0 bridgehead atoms. The Morgan fingerprint density at radius 3 is 2.50 bits per heavy atom. The quantitative estimate of drug-likeness (QED) is 0.756. The van der Waals surface area contributed by atoms with E-state index in [0.717, 1.165) is 5.56 Å². The highest BCUT2D eigenvalue weighted by atomic mass is 32.2. The summed E-state index contributed by atoms with van der Waals surface area (Å²) in [6, 6.07) is 6.50. The van der Waals surface area contributed by atoms with Gasteiger partial charge in [0.2, 0.25) is 0 Å². The van der Waals surface area contributed by atoms with Crippen molar-refractivity contribution in [3.8, 4) is 0 Å². The number of hydrogen-bond acceptors (Lipinski definition) is 7. The molecule has 5 atom stereocenters. The zero-order valence-corrected chi connectivity index (χ0v) is 14.5. The van der Waals surface area contributed by atoms with E-state index in [1.165, 1.54) is 12.1 Å². The predicted molar refractivity (Wildman–Crippen MR) is 81.7 cm³/mol. The Hall–Kier alpha value is -1.03. The molecule has 132 valence electrons. The number of ether oxygens (including phenoxy) is 4. The van der Waals surface area contributed by atoms with E-state index in [4.69, 9.17) is 23.1 Å². The summed E-state index contributed by atoms with van der Waals surface area (Å²) in [4.78, 5) is 0.114. The van der Waals surface area contributed by atoms with Crippen molar-refractivity contribution in [2.75, 3.05) is 6.61 Å². The van der Waals surface area contributed by atoms with Gasteiger partial charge in [-0.15, -0.1) is 0 Å². The standard InChI is InChI=1S/C16H20O7S/c1-9-4-6-10(7-5-9)24(17,18)23-11-8-19-13-12(11)20-15-14(13)21-16(2,3)22-15/h4-7,11-15H,8H2,1-3H3/t11-,12-,13+,14-,15-/m1/s1. The number of rotatable bonds is 3. The van der Waals surface area contributed by atoms with Crippen LogP contribution in [0.1, 0.15) is 19.4 Å². The van der Waals surface area contributed by atoms with Gasteiger partial charge in [-0.1, -0.05) is 17.7 Å². The third-order valence-corrected chi connectivity index (χ3v) is 5.76. The maximum absolute atomic E-state index is 12.4. The molecule has 0 N–H and O–H groups in total. The van der Waals surface area contributed by atoms with Crippen LogP contribution in [0.2, 0.25) is 0 Å². The largest absolute Gasteiger partial charge is 0.370 e. The second-order valence-electron chi connectivity index (χ2n) is 6.77. The molecule has 0 unspecified atom stereocenters. The molecule has 0 saturated carbocycles. The van der Waals surface area contributed by atoms with Crippen molar-refractivity contribution in [3.05, 3.63) is 29.8 Å². The Kier molecular flexibility index (Phi) is 3.76. The summed E-state index contributed by atoms with van der Waals surface area (Å²) in [7, 11) is -3.89. The van der Waals surface area contributed by atoms with Gasteiger partial charge in [-0.2, -0.15) is 8.42 Å². The minimum absolute atomic E-state index is 0.114. The lowest BCUT2D eigenvalue weighted by molar-refractivity contribution is -0.213. The molecule has 7 nitrogen and oxygen atoms in total. The Bertz CT molecular complexity index is 727. The highest BCUT2D eigenvalue weighted by molar-refractivity contribution is 7.86. The first-order chi connectivity index (χ1) is 11.3. The smallest absolute Gasteiger partial charge is 0.297 e. The molecule has 1 aromatic rings. The number of hydrogen-bond donors (Lipinski definition) is 0. The Morgan fingerprint density at radius 2 is 1.79 bits per heavy atom. The molecule has 4 rings (SSSR count). The van der Waals surface area contributed by atoms with Crippen LogP contribution in [0.4, 0.5) is 0 Å². The Balaban J connectivity index is 1.49. The topological polar surface area (TPSA) is 80.3 Å². The van der Waals surface area contributed by atoms with E-state index < -0.39 is 40.5 Å². The summed E-state index contributed by atoms with van der Waals surface area (Å²) < 4.78 is 53.2. The van der Waals surface area contributed by atoms with Crippen molar-refractivity contribution < 1.29 is 31.5 Å². The lowest BCUT2D eigenvalue weighted by atomic mass is 10.1. The lowest BCUT2D eigenvalue weighted by Gasteiger charge is -2.22. The number of fused-ring (bicyclic) bond motifs is 3. The maximum atomic E-state index is 12.4. The van der Waals surface area contributed by atoms with Crippen LogP contribution in [0.3, 0.4) is 0 Å². The predicted octanol–water partition coefficient (Wildman–Crippen LogP) is 1.34. The summed E-state index contributed by atoms with van der Waals surface area (Å²) in [5.74, 6) is -0.740. The average Bonchev–Trinajstić information content (AvgIpc) is 3.09. The molecule has 0 amide bonds. The second kappa shape index (κ2) is 5.48. The van der Waals surface area contributed by atoms with Crippen LogP contribution in [-0.2, 0) is 33.2 Å². The highest BCUT2D eigenvalue weighted by Crippen LogP contribution is 2.43. The fourth-order valence-corrected chi connectivity index (χ4v) is 4.37. The van der Waals surface area contributed by atoms with Gasteiger partial charge in [0.1, 0.15) is 24.4 Å². The van der Waals surface area contributed by atoms with Gasteiger partial charge < -0.3 is 18.9 Å². The van der Waals surface area contributed by atoms with Crippen LogP contribution in [0.5, 0.6) is 0 Å². The van der Waals surface area contributed by atoms with Gasteiger partial charge in [0, 0.05) is 0 Å². The molecule has 1 aromatic carbocycles. The van der Waals surface area contributed by atoms with Crippen LogP contribution < -0.4 is 0 Å². The van der Waals surface area contributed by atoms with Gasteiger partial charge >= 0.3 is 0 Å². The molecule has 3 saturated heterocycles. The van der Waals surface area contributed by atoms with E-state index in [1.807, 2.05) is 6.92 Å². The fourth-order valence-electron chi connectivity index (χ4n) is 3.30. The molecule has 0 aromatic heterocycles. The fraction of sp³-hybridized carbons (Fsp3) is 0.625. The third kappa shape index (κ3) is 2.77. The van der Waals surface area contributed by atoms with Crippen molar-refractivity contribution in [2.45, 2.75) is 62.2 Å². The van der Waals surface area contributed by atoms with Crippen LogP contribution in [-0.4, -0.2) is 51.5 Å². The minimum Gasteiger partial charge on any atom is -0.370 e. The molecule has 0 spiro atoms. The molecule has 3 fully saturated rings. The van der Waals surface area contributed by atoms with Crippen LogP contribution >= 0.6 is 0 Å². The van der Waals surface area contributed by atoms with E-state index in [9.17, 15) is 8.42 Å². The first kappa shape index (κ1) is 16.4. The van der Waals surface area contributed by atoms with E-state index >= 15 is 0 Å². The molecule has 0 radical (unpaired) electrons. The van der Waals surface area contributed by atoms with Crippen molar-refractivity contribution in [3.63, 3.8) is 0 Å². The Labute approximate surface area is 140 Å². The van der Waals surface area contributed by atoms with Crippen molar-refractivity contribution in [1.29, 1.82) is 0 Å². The summed E-state index contributed by atoms with van der Waals surface area (Å²) in [5.41, 5.74) is 0.974. The summed E-state index contributed by atoms with van der Waals surface area (Å²) in [6.45, 7) is 5.62. The van der Waals surface area contributed by atoms with Crippen LogP contribution in [0.15, 0.2) is 29.2 Å². The molecule has 3 aliphatic rings. The van der Waals surface area contributed by atoms with Gasteiger partial charge in [-0.25, -0.2) is 0 Å². The van der Waals surface area contributed by atoms with Crippen molar-refractivity contribution >= 4 is 10.1 Å². The summed E-state index contributed by atoms with van der Waals surface area (Å²) >= 11 is 0. The van der Waals surface area contributed by atoms with Crippen LogP contribution in [0.25, 0.3) is 0 Å². The van der Waals surface area contributed by atoms with Gasteiger partial charge in [0.05, 0.1) is 11.5 Å². The van der Waals surface area contributed by atoms with E-state index in [0.29, 0.717) is 0 Å². The van der Waals surface area contributed by atoms with Gasteiger partial charge in [0.25, 0.3) is 10.1 Å². The lowest BCUT2D eigenvalue weighted by Crippen LogP contribution is -2.37. The monoisotopic (exact) mass is 356 g/mol. The number of aryl methyl sites for hydroxylation is 1. The first-order valence-corrected chi connectivity index (χ1v) is 9.29. The first-order valence-electron chi connectivity index (χ1n) is 7.88. The summed E-state index contributed by atoms with van der Waals surface area (Å²) in [6.07, 6.45) is -2.59. The molecule has 8 heteroatoms. The molecule has 0 aliphatic carbocycles. The zero-order valence-electron chi connectivity index (χ0n) is 13.7. The van der Waals surface area contributed by atoms with Gasteiger partial charge in [-0.05, 0) is 32.9 Å². The molecule has 3 heterocycles. The highest BCUT2D eigenvalue weighted by Gasteiger charge is 2.60. The van der Waals surface area contributed by atoms with Crippen molar-refractivity contribution in [2.24, 2.45) is 0 Å². The summed E-state index contributed by atoms with van der Waals surface area (Å²) in [5, 5.41) is 0. The van der Waals surface area contributed by atoms with Gasteiger partial charge in [0.15, 0.2) is 12.1 Å². The van der Waals surface area contributed by atoms with Crippen molar-refractivity contribution in [1.82, 2.24) is 0 Å². The second-order valence-corrected chi connectivity index (χ2v) is 8.34. The van der Waals surface area contributed by atoms with E-state index in [-0.39, 0.29) is 17.6 Å². The molecular formula is C16H20O7S. The molecule has 3 aliphatic heterocycles. The van der Waals surface area contributed by atoms with Crippen LogP contribution in [0, 0.1) is 6.92 Å². The minimum atomic E-state index is -3.89. The average molecular weight is 356 g/mol. The molecular weight excluding hydrogens is 336 g/mol. The molecule has 24 heavy (non-hydrogen) atoms. The van der Waals surface area contributed by atoms with E-state index in [1.54, 1.807) is 26.0 Å². The number of benzene rings is 1. The Morgan fingerprint density at radius 1 is 1.08 bits per heavy atom. The maximum Gasteiger partial charge on any atom is 0.297 e.